The number of halogens is 1. The maximum Gasteiger partial charge on any atom is 3.00 e. The molecule has 0 fully saturated rings. The van der Waals surface area contributed by atoms with Crippen LogP contribution in [0.25, 0.3) is 0 Å². The Labute approximate surface area is 245 Å². The Morgan fingerprint density at radius 2 is 1.16 bits per heavy atom. The number of rotatable bonds is 8. The minimum atomic E-state index is -4.94. The van der Waals surface area contributed by atoms with Crippen molar-refractivity contribution >= 4 is 47.0 Å². The Morgan fingerprint density at radius 3 is 1.42 bits per heavy atom. The van der Waals surface area contributed by atoms with Crippen LogP contribution in [0.2, 0.25) is 0 Å². The van der Waals surface area contributed by atoms with E-state index in [2.05, 4.69) is 54.2 Å². The first kappa shape index (κ1) is 37.3. The smallest absolute Gasteiger partial charge is 0.741 e. The van der Waals surface area contributed by atoms with E-state index in [9.17, 15) is 0 Å². The molecule has 0 bridgehead atoms. The van der Waals surface area contributed by atoms with E-state index < -0.39 is 10.2 Å². The molecule has 2 aromatic heterocycles. The Morgan fingerprint density at radius 1 is 0.816 bits per heavy atom. The van der Waals surface area contributed by atoms with Crippen LogP contribution in [0.15, 0.2) is 94.3 Å². The van der Waals surface area contributed by atoms with Crippen molar-refractivity contribution in [3.05, 3.63) is 85.5 Å². The Hall–Kier alpha value is -2.85. The molecule has 2 N–H and O–H groups in total. The molecule has 0 saturated carbocycles. The first-order valence-corrected chi connectivity index (χ1v) is 12.2. The van der Waals surface area contributed by atoms with Gasteiger partial charge in [-0.1, -0.05) is 24.3 Å². The van der Waals surface area contributed by atoms with E-state index >= 15 is 0 Å². The summed E-state index contributed by atoms with van der Waals surface area (Å²) in [7, 11) is -4.94. The number of aromatic nitrogens is 2. The van der Waals surface area contributed by atoms with E-state index in [1.54, 1.807) is 24.5 Å². The zero-order chi connectivity index (χ0) is 28.1. The predicted molar refractivity (Wildman–Crippen MR) is 139 cm³/mol. The van der Waals surface area contributed by atoms with Crippen molar-refractivity contribution in [3.63, 3.8) is 0 Å². The van der Waals surface area contributed by atoms with Crippen LogP contribution in [-0.2, 0) is 42.3 Å². The van der Waals surface area contributed by atoms with Crippen molar-refractivity contribution in [3.8, 4) is 0 Å². The molecular weight excluding hydrogens is 596 g/mol. The van der Waals surface area contributed by atoms with Crippen LogP contribution < -0.4 is 29.5 Å². The van der Waals surface area contributed by atoms with Crippen LogP contribution in [0, 0.1) is 10.2 Å². The average Bonchev–Trinajstić information content (AvgIpc) is 2.88. The van der Waals surface area contributed by atoms with Crippen molar-refractivity contribution < 1.29 is 45.9 Å². The third kappa shape index (κ3) is 22.4. The minimum absolute atomic E-state index is 0. The van der Waals surface area contributed by atoms with Gasteiger partial charge in [-0.05, 0) is 48.4 Å². The fourth-order valence-electron chi connectivity index (χ4n) is 1.90. The van der Waals surface area contributed by atoms with Crippen molar-refractivity contribution in [1.82, 2.24) is 20.8 Å². The standard InChI is InChI=1S/2C11H14N4S.ClHO4.Fe/c2*1-3-7-13-11(16)15-14-9(2)10-6-4-5-8-12-10;2-1(3,4)5;/h2*3-6,8H,1,7H2,2H3,(H2,13,15,16);(H,2,3,4,5);/q;;;+3/p-3/b2*14-9+;;. The van der Waals surface area contributed by atoms with Gasteiger partial charge >= 0.3 is 17.1 Å². The van der Waals surface area contributed by atoms with E-state index in [1.807, 2.05) is 50.2 Å². The number of nitrogens with one attached hydrogen (secondary N) is 2. The molecule has 0 amide bonds. The molecule has 0 spiro atoms. The Kier molecular flexibility index (Phi) is 21.8. The number of hydrazone groups is 2. The van der Waals surface area contributed by atoms with Gasteiger partial charge in [0, 0.05) is 12.4 Å². The van der Waals surface area contributed by atoms with Gasteiger partial charge in [0.25, 0.3) is 0 Å². The molecule has 0 unspecified atom stereocenters. The van der Waals surface area contributed by atoms with Crippen molar-refractivity contribution in [2.75, 3.05) is 13.1 Å². The van der Waals surface area contributed by atoms with Crippen LogP contribution in [0.4, 0.5) is 0 Å². The molecule has 38 heavy (non-hydrogen) atoms. The maximum absolute atomic E-state index is 8.49. The van der Waals surface area contributed by atoms with Gasteiger partial charge in [0.05, 0.1) is 35.9 Å². The van der Waals surface area contributed by atoms with Gasteiger partial charge in [-0.3, -0.25) is 30.8 Å². The maximum atomic E-state index is 8.49. The summed E-state index contributed by atoms with van der Waals surface area (Å²) in [6.07, 6.45) is 6.77. The largest absolute Gasteiger partial charge is 3.00 e. The van der Waals surface area contributed by atoms with Gasteiger partial charge in [0.1, 0.15) is 0 Å². The zero-order valence-corrected chi connectivity index (χ0v) is 24.0. The van der Waals surface area contributed by atoms with E-state index in [0.29, 0.717) is 23.4 Å². The van der Waals surface area contributed by atoms with Gasteiger partial charge in [0.2, 0.25) is 0 Å². The summed E-state index contributed by atoms with van der Waals surface area (Å²) >= 11 is 9.87. The molecule has 12 nitrogen and oxygen atoms in total. The summed E-state index contributed by atoms with van der Waals surface area (Å²) in [6, 6.07) is 11.3. The summed E-state index contributed by atoms with van der Waals surface area (Å²) in [5, 5.41) is 8.85. The minimum Gasteiger partial charge on any atom is -0.741 e. The molecule has 205 valence electrons. The summed E-state index contributed by atoms with van der Waals surface area (Å²) in [5.74, 6) is 0. The van der Waals surface area contributed by atoms with Crippen molar-refractivity contribution in [2.24, 2.45) is 20.2 Å². The normalized spacial score (nSPS) is 11.9. The van der Waals surface area contributed by atoms with Gasteiger partial charge in [-0.2, -0.15) is 10.2 Å². The third-order valence-electron chi connectivity index (χ3n) is 3.44. The number of hydrogen-bond donors (Lipinski definition) is 2. The summed E-state index contributed by atoms with van der Waals surface area (Å²) < 4.78 is 34.0. The number of aliphatic imine (C=N–C) groups is 2. The number of hydrogen-bond acceptors (Lipinski definition) is 12. The molecule has 0 saturated heterocycles. The molecule has 0 atom stereocenters. The quantitative estimate of drug-likeness (QED) is 0.0850. The predicted octanol–water partition coefficient (Wildman–Crippen LogP) is -1.79. The molecule has 2 rings (SSSR count). The molecule has 0 aliphatic heterocycles. The molecule has 0 aliphatic carbocycles. The second-order valence-electron chi connectivity index (χ2n) is 6.29. The molecule has 0 aliphatic rings. The van der Waals surface area contributed by atoms with E-state index in [-0.39, 0.29) is 17.1 Å². The molecule has 2 heterocycles. The summed E-state index contributed by atoms with van der Waals surface area (Å²) in [6.45, 7) is 11.8. The van der Waals surface area contributed by atoms with Gasteiger partial charge < -0.3 is 25.3 Å². The van der Waals surface area contributed by atoms with Crippen molar-refractivity contribution in [1.29, 1.82) is 0 Å². The molecule has 16 heteroatoms. The Bertz CT molecular complexity index is 985. The third-order valence-corrected chi connectivity index (χ3v) is 3.88. The zero-order valence-electron chi connectivity index (χ0n) is 20.5. The van der Waals surface area contributed by atoms with Gasteiger partial charge in [-0.15, -0.1) is 23.4 Å². The number of pyridine rings is 2. The van der Waals surface area contributed by atoms with E-state index in [4.69, 9.17) is 43.9 Å². The summed E-state index contributed by atoms with van der Waals surface area (Å²) in [5.41, 5.74) is 8.50. The Balaban J connectivity index is 0. The number of amidine groups is 2. The average molecular weight is 622 g/mol. The van der Waals surface area contributed by atoms with Crippen LogP contribution in [0.1, 0.15) is 25.2 Å². The summed E-state index contributed by atoms with van der Waals surface area (Å²) in [4.78, 5) is 16.3. The first-order valence-electron chi connectivity index (χ1n) is 10.2. The first-order chi connectivity index (χ1) is 17.5. The van der Waals surface area contributed by atoms with Gasteiger partial charge in [0.15, 0.2) is 0 Å². The fraction of sp³-hybridized carbons (Fsp3) is 0.182. The van der Waals surface area contributed by atoms with Crippen molar-refractivity contribution in [2.45, 2.75) is 13.8 Å². The van der Waals surface area contributed by atoms with E-state index in [1.165, 1.54) is 0 Å². The molecular formula is C22H26ClFeN8O4S2. The fourth-order valence-corrected chi connectivity index (χ4v) is 2.14. The number of nitrogens with zero attached hydrogens (tertiary/aromatic N) is 6. The SMILES string of the molecule is C=CCN=C([S-])N/N=C(\C)c1ccccn1.C=CCN=C([S-])N/N=C(\C)c1ccccn1.[Fe+3].[O-][Cl+3]([O-])([O-])[O-]. The van der Waals surface area contributed by atoms with E-state index in [0.717, 1.165) is 22.8 Å². The monoisotopic (exact) mass is 621 g/mol. The molecule has 0 aromatic carbocycles. The van der Waals surface area contributed by atoms with Crippen LogP contribution in [0.3, 0.4) is 0 Å². The molecule has 1 radical (unpaired) electrons. The van der Waals surface area contributed by atoms with Crippen LogP contribution in [-0.4, -0.2) is 44.8 Å². The van der Waals surface area contributed by atoms with Crippen LogP contribution >= 0.6 is 0 Å². The van der Waals surface area contributed by atoms with Gasteiger partial charge in [-0.25, -0.2) is 18.6 Å². The second-order valence-corrected chi connectivity index (χ2v) is 7.82. The van der Waals surface area contributed by atoms with Crippen LogP contribution in [0.5, 0.6) is 0 Å². The topological polar surface area (TPSA) is 192 Å². The second kappa shape index (κ2) is 22.2. The molecule has 2 aromatic rings.